The van der Waals surface area contributed by atoms with Gasteiger partial charge < -0.3 is 14.2 Å². The summed E-state index contributed by atoms with van der Waals surface area (Å²) in [7, 11) is 0. The van der Waals surface area contributed by atoms with Crippen molar-refractivity contribution >= 4 is 53.2 Å². The molecule has 1 aromatic heterocycles. The summed E-state index contributed by atoms with van der Waals surface area (Å²) < 4.78 is 18.6. The first kappa shape index (κ1) is 47.2. The third-order valence-electron chi connectivity index (χ3n) is 10.3. The third-order valence-corrected chi connectivity index (χ3v) is 10.3. The summed E-state index contributed by atoms with van der Waals surface area (Å²) in [6, 6.07) is 26.8. The molecule has 0 bridgehead atoms. The van der Waals surface area contributed by atoms with Crippen LogP contribution in [0.5, 0.6) is 0 Å². The number of ether oxygens (including phenoxy) is 3. The topological polar surface area (TPSA) is 127 Å². The predicted molar refractivity (Wildman–Crippen MR) is 240 cm³/mol. The van der Waals surface area contributed by atoms with E-state index in [9.17, 15) is 14.4 Å². The van der Waals surface area contributed by atoms with Crippen LogP contribution in [0.2, 0.25) is 0 Å². The summed E-state index contributed by atoms with van der Waals surface area (Å²) in [5, 5.41) is 0. The van der Waals surface area contributed by atoms with E-state index >= 15 is 0 Å². The minimum Gasteiger partial charge on any atom is -0.446 e. The average molecular weight is 823 g/mol. The number of rotatable bonds is 24. The number of amides is 3. The van der Waals surface area contributed by atoms with E-state index in [1.807, 2.05) is 39.0 Å². The van der Waals surface area contributed by atoms with E-state index in [1.165, 1.54) is 14.7 Å². The summed E-state index contributed by atoms with van der Waals surface area (Å²) in [6.45, 7) is 12.4. The molecule has 0 aliphatic heterocycles. The van der Waals surface area contributed by atoms with Gasteiger partial charge in [0.2, 0.25) is 17.8 Å². The van der Waals surface area contributed by atoms with Gasteiger partial charge in [-0.25, -0.2) is 29.1 Å². The molecule has 0 aliphatic carbocycles. The van der Waals surface area contributed by atoms with Crippen LogP contribution in [0.4, 0.5) is 49.3 Å². The van der Waals surface area contributed by atoms with E-state index in [1.54, 1.807) is 72.8 Å². The van der Waals surface area contributed by atoms with Crippen LogP contribution < -0.4 is 14.7 Å². The Kier molecular flexibility index (Phi) is 20.3. The first-order valence-corrected chi connectivity index (χ1v) is 22.2. The van der Waals surface area contributed by atoms with Crippen molar-refractivity contribution in [1.82, 2.24) is 15.0 Å². The molecule has 12 nitrogen and oxygen atoms in total. The lowest BCUT2D eigenvalue weighted by atomic mass is 10.1. The molecule has 4 rings (SSSR count). The molecule has 0 radical (unpaired) electrons. The maximum Gasteiger partial charge on any atom is 0.421 e. The number of aromatic nitrogens is 3. The zero-order valence-corrected chi connectivity index (χ0v) is 36.6. The van der Waals surface area contributed by atoms with Gasteiger partial charge in [-0.05, 0) is 94.2 Å². The fraction of sp³-hybridized carbons (Fsp3) is 0.500. The standard InChI is InChI=1S/C48H66N6O6/c1-7-13-19-34-40(10-4)58-46(55)52(37-28-22-16-23-29-37)43-49-44(53(38-30-24-17-25-31-38)47(56)59-41(11-5)35-20-14-8-2)51-45(50-43)54(39-32-26-18-27-33-39)48(57)60-42(12-6)36-21-15-9-3/h16-18,22-33,40-42H,7-15,19-21,34-36H2,1-6H3. The molecule has 0 spiro atoms. The number of benzene rings is 3. The van der Waals surface area contributed by atoms with Crippen molar-refractivity contribution in [2.45, 2.75) is 156 Å². The number of hydrogen-bond acceptors (Lipinski definition) is 9. The quantitative estimate of drug-likeness (QED) is 0.0501. The number of para-hydroxylation sites is 3. The molecular formula is C48H66N6O6. The van der Waals surface area contributed by atoms with Gasteiger partial charge in [-0.1, -0.05) is 135 Å². The largest absolute Gasteiger partial charge is 0.446 e. The highest BCUT2D eigenvalue weighted by Crippen LogP contribution is 2.34. The van der Waals surface area contributed by atoms with Gasteiger partial charge in [-0.15, -0.1) is 0 Å². The summed E-state index contributed by atoms with van der Waals surface area (Å²) in [6.07, 6.45) is 9.59. The van der Waals surface area contributed by atoms with E-state index in [4.69, 9.17) is 29.2 Å². The van der Waals surface area contributed by atoms with Crippen molar-refractivity contribution in [3.8, 4) is 0 Å². The van der Waals surface area contributed by atoms with E-state index in [0.717, 1.165) is 57.8 Å². The Morgan fingerprint density at radius 3 is 0.883 bits per heavy atom. The van der Waals surface area contributed by atoms with E-state index in [2.05, 4.69) is 20.8 Å². The Morgan fingerprint density at radius 2 is 0.667 bits per heavy atom. The van der Waals surface area contributed by atoms with Gasteiger partial charge in [0.25, 0.3) is 0 Å². The second-order valence-electron chi connectivity index (χ2n) is 15.0. The summed E-state index contributed by atoms with van der Waals surface area (Å²) in [5.41, 5.74) is 1.25. The summed E-state index contributed by atoms with van der Waals surface area (Å²) in [5.74, 6) is -0.494. The third kappa shape index (κ3) is 14.1. The average Bonchev–Trinajstić information content (AvgIpc) is 3.27. The lowest BCUT2D eigenvalue weighted by Gasteiger charge is -2.28. The van der Waals surface area contributed by atoms with Gasteiger partial charge in [0.15, 0.2) is 0 Å². The van der Waals surface area contributed by atoms with E-state index < -0.39 is 18.3 Å². The monoisotopic (exact) mass is 823 g/mol. The molecule has 4 aromatic rings. The number of carbonyl (C=O) groups excluding carboxylic acids is 3. The highest BCUT2D eigenvalue weighted by atomic mass is 16.6. The lowest BCUT2D eigenvalue weighted by Crippen LogP contribution is -2.37. The molecule has 3 unspecified atom stereocenters. The number of anilines is 6. The maximum absolute atomic E-state index is 14.5. The number of hydrogen-bond donors (Lipinski definition) is 0. The van der Waals surface area contributed by atoms with Crippen LogP contribution in [0.3, 0.4) is 0 Å². The molecule has 324 valence electrons. The molecular weight excluding hydrogens is 757 g/mol. The van der Waals surface area contributed by atoms with Crippen molar-refractivity contribution in [2.75, 3.05) is 14.7 Å². The van der Waals surface area contributed by atoms with Crippen LogP contribution in [-0.4, -0.2) is 51.5 Å². The smallest absolute Gasteiger partial charge is 0.421 e. The van der Waals surface area contributed by atoms with Crippen LogP contribution >= 0.6 is 0 Å². The molecule has 0 fully saturated rings. The summed E-state index contributed by atoms with van der Waals surface area (Å²) >= 11 is 0. The first-order chi connectivity index (χ1) is 29.3. The van der Waals surface area contributed by atoms with Crippen molar-refractivity contribution in [2.24, 2.45) is 0 Å². The SMILES string of the molecule is CCCCCC(CC)OC(=O)N(c1ccccc1)c1nc(N(C(=O)OC(CC)CCCCC)c2ccccc2)nc(N(C(=O)OC(CC)CCCCC)c2ccccc2)n1. The molecule has 3 atom stereocenters. The molecule has 12 heteroatoms. The Morgan fingerprint density at radius 1 is 0.417 bits per heavy atom. The highest BCUT2D eigenvalue weighted by molar-refractivity contribution is 5.98. The lowest BCUT2D eigenvalue weighted by molar-refractivity contribution is 0.0962. The van der Waals surface area contributed by atoms with Crippen LogP contribution in [-0.2, 0) is 14.2 Å². The van der Waals surface area contributed by atoms with E-state index in [0.29, 0.717) is 55.6 Å². The van der Waals surface area contributed by atoms with Crippen LogP contribution in [0.1, 0.15) is 138 Å². The molecule has 0 saturated carbocycles. The van der Waals surface area contributed by atoms with Gasteiger partial charge in [0, 0.05) is 0 Å². The Hall–Kier alpha value is -5.52. The van der Waals surface area contributed by atoms with Crippen molar-refractivity contribution in [3.05, 3.63) is 91.0 Å². The fourth-order valence-corrected chi connectivity index (χ4v) is 6.77. The molecule has 60 heavy (non-hydrogen) atoms. The number of carbonyl (C=O) groups is 3. The second kappa shape index (κ2) is 25.9. The molecule has 0 saturated heterocycles. The molecule has 3 aromatic carbocycles. The van der Waals surface area contributed by atoms with Gasteiger partial charge in [-0.3, -0.25) is 0 Å². The Labute approximate surface area is 357 Å². The zero-order valence-electron chi connectivity index (χ0n) is 36.6. The predicted octanol–water partition coefficient (Wildman–Crippen LogP) is 13.8. The normalized spacial score (nSPS) is 12.5. The van der Waals surface area contributed by atoms with Crippen molar-refractivity contribution < 1.29 is 28.6 Å². The van der Waals surface area contributed by atoms with Gasteiger partial charge >= 0.3 is 18.3 Å². The minimum absolute atomic E-state index is 0.165. The van der Waals surface area contributed by atoms with Gasteiger partial charge in [0.05, 0.1) is 17.1 Å². The van der Waals surface area contributed by atoms with Crippen molar-refractivity contribution in [3.63, 3.8) is 0 Å². The molecule has 0 N–H and O–H groups in total. The maximum atomic E-state index is 14.5. The van der Waals surface area contributed by atoms with Crippen LogP contribution in [0.15, 0.2) is 91.0 Å². The Bertz CT molecular complexity index is 1630. The highest BCUT2D eigenvalue weighted by Gasteiger charge is 2.34. The zero-order chi connectivity index (χ0) is 43.1. The molecule has 3 amide bonds. The first-order valence-electron chi connectivity index (χ1n) is 22.2. The number of unbranched alkanes of at least 4 members (excludes halogenated alkanes) is 6. The van der Waals surface area contributed by atoms with Crippen LogP contribution in [0, 0.1) is 0 Å². The van der Waals surface area contributed by atoms with Crippen molar-refractivity contribution in [1.29, 1.82) is 0 Å². The van der Waals surface area contributed by atoms with E-state index in [-0.39, 0.29) is 36.2 Å². The van der Waals surface area contributed by atoms with Crippen LogP contribution in [0.25, 0.3) is 0 Å². The Balaban J connectivity index is 1.98. The van der Waals surface area contributed by atoms with Gasteiger partial charge in [-0.2, -0.15) is 15.0 Å². The second-order valence-corrected chi connectivity index (χ2v) is 15.0. The molecule has 0 aliphatic rings. The minimum atomic E-state index is -0.709. The fourth-order valence-electron chi connectivity index (χ4n) is 6.77. The van der Waals surface area contributed by atoms with Gasteiger partial charge in [0.1, 0.15) is 18.3 Å². The summed E-state index contributed by atoms with van der Waals surface area (Å²) in [4.78, 5) is 61.9. The number of nitrogens with zero attached hydrogens (tertiary/aromatic N) is 6. The molecule has 1 heterocycles.